The minimum atomic E-state index is -1.85. The van der Waals surface area contributed by atoms with E-state index in [9.17, 15) is 0 Å². The zero-order valence-corrected chi connectivity index (χ0v) is 26.4. The first-order valence-corrected chi connectivity index (χ1v) is 20.9. The van der Waals surface area contributed by atoms with Crippen molar-refractivity contribution >= 4 is 62.4 Å². The Bertz CT molecular complexity index is 1220. The molecule has 1 fully saturated rings. The summed E-state index contributed by atoms with van der Waals surface area (Å²) < 4.78 is 13.4. The summed E-state index contributed by atoms with van der Waals surface area (Å²) in [5.41, 5.74) is -3.71. The summed E-state index contributed by atoms with van der Waals surface area (Å²) in [6, 6.07) is 43.5. The molecule has 1 aliphatic heterocycles. The molecular weight excluding hydrogens is 624 g/mol. The molecule has 0 radical (unpaired) electrons. The molecule has 190 valence electrons. The topological polar surface area (TPSA) is 18.5 Å². The molecule has 1 heterocycles. The molecule has 4 aromatic carbocycles. The Morgan fingerprint density at radius 1 is 0.514 bits per heavy atom. The fourth-order valence-corrected chi connectivity index (χ4v) is 15.7. The van der Waals surface area contributed by atoms with E-state index in [0.29, 0.717) is 0 Å². The Labute approximate surface area is 236 Å². The molecule has 6 heteroatoms. The van der Waals surface area contributed by atoms with Crippen molar-refractivity contribution in [2.24, 2.45) is 0 Å². The van der Waals surface area contributed by atoms with E-state index in [1.54, 1.807) is 0 Å². The van der Waals surface area contributed by atoms with Crippen molar-refractivity contribution in [3.05, 3.63) is 121 Å². The molecule has 0 aromatic heterocycles. The van der Waals surface area contributed by atoms with Crippen LogP contribution in [-0.4, -0.2) is 60.5 Å². The van der Waals surface area contributed by atoms with E-state index in [2.05, 4.69) is 165 Å². The fourth-order valence-electron chi connectivity index (χ4n) is 5.12. The van der Waals surface area contributed by atoms with Gasteiger partial charge in [0.15, 0.2) is 0 Å². The maximum atomic E-state index is 6.71. The van der Waals surface area contributed by atoms with Crippen LogP contribution in [0.4, 0.5) is 0 Å². The monoisotopic (exact) mass is 658 g/mol. The second-order valence-electron chi connectivity index (χ2n) is 9.90. The predicted molar refractivity (Wildman–Crippen MR) is 163 cm³/mol. The molecule has 1 aliphatic rings. The van der Waals surface area contributed by atoms with Crippen LogP contribution in [0.5, 0.6) is 0 Å². The van der Waals surface area contributed by atoms with E-state index in [1.165, 1.54) is 21.2 Å². The second-order valence-corrected chi connectivity index (χ2v) is 23.5. The first-order chi connectivity index (χ1) is 17.8. The average Bonchev–Trinajstić information content (AvgIpc) is 3.22. The molecule has 1 saturated heterocycles. The van der Waals surface area contributed by atoms with E-state index in [0.717, 1.165) is 12.3 Å². The second kappa shape index (κ2) is 11.4. The molecule has 5 rings (SSSR count). The Hall–Kier alpha value is -1.30. The van der Waals surface area contributed by atoms with Crippen LogP contribution in [0.25, 0.3) is 0 Å². The van der Waals surface area contributed by atoms with Gasteiger partial charge in [-0.1, -0.05) is 0 Å². The van der Waals surface area contributed by atoms with Crippen LogP contribution in [0.2, 0.25) is 0 Å². The van der Waals surface area contributed by atoms with Crippen LogP contribution in [-0.2, 0) is 9.47 Å². The van der Waals surface area contributed by atoms with Gasteiger partial charge in [0.1, 0.15) is 0 Å². The Kier molecular flexibility index (Phi) is 8.43. The van der Waals surface area contributed by atoms with Gasteiger partial charge in [0, 0.05) is 0 Å². The average molecular weight is 656 g/mol. The molecule has 0 amide bonds. The van der Waals surface area contributed by atoms with Gasteiger partial charge in [-0.2, -0.15) is 0 Å². The Balaban J connectivity index is 1.55. The van der Waals surface area contributed by atoms with Gasteiger partial charge in [-0.25, -0.2) is 0 Å². The molecule has 0 spiro atoms. The summed E-state index contributed by atoms with van der Waals surface area (Å²) in [7, 11) is 0. The van der Waals surface area contributed by atoms with Gasteiger partial charge >= 0.3 is 237 Å². The van der Waals surface area contributed by atoms with Gasteiger partial charge in [-0.05, 0) is 0 Å². The molecule has 4 aromatic rings. The van der Waals surface area contributed by atoms with Crippen molar-refractivity contribution in [2.75, 3.05) is 12.3 Å². The number of hydrogen-bond donors (Lipinski definition) is 0. The summed E-state index contributed by atoms with van der Waals surface area (Å²) in [6.07, 6.45) is 1.70. The SMILES string of the molecule is CC1(C)O[C@@H](CP(=[Se])(c2ccccc2)c2ccccc2)[C@H](CP(=[Se])(c2ccccc2)c2ccccc2)O1. The zero-order chi connectivity index (χ0) is 25.9. The van der Waals surface area contributed by atoms with Crippen molar-refractivity contribution in [3.63, 3.8) is 0 Å². The third kappa shape index (κ3) is 5.99. The Morgan fingerprint density at radius 3 is 1.00 bits per heavy atom. The fraction of sp³-hybridized carbons (Fsp3) is 0.226. The number of hydrogen-bond acceptors (Lipinski definition) is 2. The van der Waals surface area contributed by atoms with E-state index in [-0.39, 0.29) is 12.2 Å². The van der Waals surface area contributed by atoms with Crippen LogP contribution < -0.4 is 21.2 Å². The number of ether oxygens (including phenoxy) is 2. The summed E-state index contributed by atoms with van der Waals surface area (Å²) in [5.74, 6) is -0.633. The molecule has 2 atom stereocenters. The van der Waals surface area contributed by atoms with Gasteiger partial charge in [0.05, 0.1) is 0 Å². The minimum absolute atomic E-state index is 0.0369. The van der Waals surface area contributed by atoms with Gasteiger partial charge < -0.3 is 0 Å². The first kappa shape index (κ1) is 27.3. The molecular formula is C31H32O2P2Se2. The molecule has 0 bridgehead atoms. The van der Waals surface area contributed by atoms with E-state index >= 15 is 0 Å². The molecule has 37 heavy (non-hydrogen) atoms. The standard InChI is InChI=1S/C31H32O2P2Se2/c1-31(2)32-29(23-34(36,25-15-7-3-8-16-25)26-17-9-4-10-18-26)30(33-31)24-35(37,27-19-11-5-12-20-27)28-21-13-6-14-22-28/h3-22,29-30H,23-24H2,1-2H3/t29-,30-/m0/s1. The van der Waals surface area contributed by atoms with Gasteiger partial charge in [-0.15, -0.1) is 0 Å². The van der Waals surface area contributed by atoms with Gasteiger partial charge in [0.25, 0.3) is 0 Å². The van der Waals surface area contributed by atoms with Gasteiger partial charge in [-0.3, -0.25) is 0 Å². The van der Waals surface area contributed by atoms with Crippen LogP contribution >= 0.6 is 11.0 Å². The quantitative estimate of drug-likeness (QED) is 0.196. The summed E-state index contributed by atoms with van der Waals surface area (Å²) >= 11 is 7.40. The van der Waals surface area contributed by atoms with E-state index in [1.807, 2.05) is 0 Å². The predicted octanol–water partition coefficient (Wildman–Crippen LogP) is 5.01. The summed E-state index contributed by atoms with van der Waals surface area (Å²) in [6.45, 7) is 4.10. The first-order valence-electron chi connectivity index (χ1n) is 12.6. The molecule has 0 unspecified atom stereocenters. The number of benzene rings is 4. The normalized spacial score (nSPS) is 19.5. The molecule has 2 nitrogen and oxygen atoms in total. The third-order valence-electron chi connectivity index (χ3n) is 6.85. The van der Waals surface area contributed by atoms with Crippen LogP contribution in [0.1, 0.15) is 13.8 Å². The third-order valence-corrected chi connectivity index (χ3v) is 20.3. The van der Waals surface area contributed by atoms with Crippen molar-refractivity contribution in [3.8, 4) is 0 Å². The van der Waals surface area contributed by atoms with Crippen LogP contribution in [0.15, 0.2) is 121 Å². The molecule has 0 N–H and O–H groups in total. The van der Waals surface area contributed by atoms with E-state index < -0.39 is 16.8 Å². The summed E-state index contributed by atoms with van der Waals surface area (Å²) in [4.78, 5) is 0. The van der Waals surface area contributed by atoms with Crippen LogP contribution in [0, 0.1) is 0 Å². The van der Waals surface area contributed by atoms with Gasteiger partial charge in [0.2, 0.25) is 0 Å². The summed E-state index contributed by atoms with van der Waals surface area (Å²) in [5, 5.41) is 5.40. The van der Waals surface area contributed by atoms with Crippen molar-refractivity contribution in [1.82, 2.24) is 0 Å². The molecule has 0 aliphatic carbocycles. The van der Waals surface area contributed by atoms with Crippen molar-refractivity contribution in [2.45, 2.75) is 31.8 Å². The zero-order valence-electron chi connectivity index (χ0n) is 21.1. The molecule has 0 saturated carbocycles. The van der Waals surface area contributed by atoms with Crippen LogP contribution in [0.3, 0.4) is 0 Å². The van der Waals surface area contributed by atoms with Crippen molar-refractivity contribution in [1.29, 1.82) is 0 Å². The maximum absolute atomic E-state index is 6.71. The van der Waals surface area contributed by atoms with Crippen molar-refractivity contribution < 1.29 is 9.47 Å². The number of rotatable bonds is 8. The Morgan fingerprint density at radius 2 is 0.757 bits per heavy atom. The van der Waals surface area contributed by atoms with E-state index in [4.69, 9.17) is 9.47 Å².